The Balaban J connectivity index is 1.86. The molecule has 1 aromatic rings. The van der Waals surface area contributed by atoms with E-state index in [0.717, 1.165) is 12.3 Å². The summed E-state index contributed by atoms with van der Waals surface area (Å²) in [6.45, 7) is 3.83. The molecule has 2 atom stereocenters. The molecule has 0 saturated carbocycles. The molecule has 0 aromatic carbocycles. The van der Waals surface area contributed by atoms with Crippen molar-refractivity contribution in [3.05, 3.63) is 24.2 Å². The third kappa shape index (κ3) is 2.62. The summed E-state index contributed by atoms with van der Waals surface area (Å²) in [5.74, 6) is 0.646. The third-order valence-electron chi connectivity index (χ3n) is 2.55. The number of hydrogen-bond donors (Lipinski definition) is 2. The van der Waals surface area contributed by atoms with E-state index in [9.17, 15) is 4.79 Å². The number of amides is 1. The fraction of sp³-hybridized carbons (Fsp3) is 0.545. The molecule has 5 heteroatoms. The summed E-state index contributed by atoms with van der Waals surface area (Å²) in [6, 6.07) is 3.51. The molecule has 1 unspecified atom stereocenters. The summed E-state index contributed by atoms with van der Waals surface area (Å²) in [4.78, 5) is 11.8. The van der Waals surface area contributed by atoms with Gasteiger partial charge < -0.3 is 19.8 Å². The minimum Gasteiger partial charge on any atom is -0.467 e. The topological polar surface area (TPSA) is 63.5 Å². The van der Waals surface area contributed by atoms with Crippen molar-refractivity contribution in [3.63, 3.8) is 0 Å². The molecule has 16 heavy (non-hydrogen) atoms. The Morgan fingerprint density at radius 2 is 2.56 bits per heavy atom. The maximum Gasteiger partial charge on any atom is 0.251 e. The van der Waals surface area contributed by atoms with Crippen LogP contribution in [0.1, 0.15) is 18.7 Å². The van der Waals surface area contributed by atoms with Gasteiger partial charge in [0.2, 0.25) is 0 Å². The molecule has 1 fully saturated rings. The van der Waals surface area contributed by atoms with Gasteiger partial charge in [0.1, 0.15) is 11.9 Å². The summed E-state index contributed by atoms with van der Waals surface area (Å²) in [7, 11) is 0. The van der Waals surface area contributed by atoms with Gasteiger partial charge in [0.25, 0.3) is 5.91 Å². The first-order chi connectivity index (χ1) is 7.77. The SMILES string of the molecule is C[C@H](NC(=O)C1CNCCO1)c1ccco1. The van der Waals surface area contributed by atoms with Crippen LogP contribution in [-0.2, 0) is 9.53 Å². The van der Waals surface area contributed by atoms with Gasteiger partial charge in [0, 0.05) is 13.1 Å². The van der Waals surface area contributed by atoms with Crippen molar-refractivity contribution in [2.45, 2.75) is 19.1 Å². The monoisotopic (exact) mass is 224 g/mol. The molecule has 1 aliphatic heterocycles. The molecule has 0 aliphatic carbocycles. The molecular weight excluding hydrogens is 208 g/mol. The number of furan rings is 1. The van der Waals surface area contributed by atoms with E-state index in [0.29, 0.717) is 13.2 Å². The van der Waals surface area contributed by atoms with E-state index >= 15 is 0 Å². The first-order valence-corrected chi connectivity index (χ1v) is 5.43. The van der Waals surface area contributed by atoms with E-state index in [1.165, 1.54) is 0 Å². The Labute approximate surface area is 94.1 Å². The van der Waals surface area contributed by atoms with Gasteiger partial charge in [-0.1, -0.05) is 0 Å². The third-order valence-corrected chi connectivity index (χ3v) is 2.55. The van der Waals surface area contributed by atoms with Gasteiger partial charge >= 0.3 is 0 Å². The van der Waals surface area contributed by atoms with Gasteiger partial charge in [-0.2, -0.15) is 0 Å². The van der Waals surface area contributed by atoms with E-state index in [2.05, 4.69) is 10.6 Å². The highest BCUT2D eigenvalue weighted by atomic mass is 16.5. The van der Waals surface area contributed by atoms with Gasteiger partial charge in [-0.05, 0) is 19.1 Å². The second kappa shape index (κ2) is 5.14. The zero-order valence-electron chi connectivity index (χ0n) is 9.23. The smallest absolute Gasteiger partial charge is 0.251 e. The average Bonchev–Trinajstić information content (AvgIpc) is 2.83. The number of carbonyl (C=O) groups excluding carboxylic acids is 1. The number of morpholine rings is 1. The van der Waals surface area contributed by atoms with E-state index in [1.807, 2.05) is 13.0 Å². The van der Waals surface area contributed by atoms with Crippen molar-refractivity contribution in [2.75, 3.05) is 19.7 Å². The van der Waals surface area contributed by atoms with E-state index < -0.39 is 6.10 Å². The molecule has 5 nitrogen and oxygen atoms in total. The van der Waals surface area contributed by atoms with Crippen LogP contribution in [0.15, 0.2) is 22.8 Å². The highest BCUT2D eigenvalue weighted by Gasteiger charge is 2.23. The van der Waals surface area contributed by atoms with Crippen LogP contribution in [0.2, 0.25) is 0 Å². The first-order valence-electron chi connectivity index (χ1n) is 5.43. The number of rotatable bonds is 3. The number of nitrogens with one attached hydrogen (secondary N) is 2. The fourth-order valence-corrected chi connectivity index (χ4v) is 1.65. The molecule has 1 amide bonds. The highest BCUT2D eigenvalue weighted by Crippen LogP contribution is 2.12. The number of ether oxygens (including phenoxy) is 1. The van der Waals surface area contributed by atoms with Crippen LogP contribution in [-0.4, -0.2) is 31.7 Å². The van der Waals surface area contributed by atoms with Crippen LogP contribution in [0.4, 0.5) is 0 Å². The van der Waals surface area contributed by atoms with Gasteiger partial charge in [-0.3, -0.25) is 4.79 Å². The molecular formula is C11H16N2O3. The molecule has 2 N–H and O–H groups in total. The summed E-state index contributed by atoms with van der Waals surface area (Å²) in [5, 5.41) is 5.97. The minimum absolute atomic E-state index is 0.101. The summed E-state index contributed by atoms with van der Waals surface area (Å²) >= 11 is 0. The maximum absolute atomic E-state index is 11.8. The number of carbonyl (C=O) groups is 1. The minimum atomic E-state index is -0.397. The van der Waals surface area contributed by atoms with Crippen molar-refractivity contribution < 1.29 is 13.9 Å². The van der Waals surface area contributed by atoms with Crippen molar-refractivity contribution in [1.29, 1.82) is 0 Å². The molecule has 0 radical (unpaired) electrons. The van der Waals surface area contributed by atoms with E-state index in [-0.39, 0.29) is 11.9 Å². The zero-order valence-corrected chi connectivity index (χ0v) is 9.23. The largest absolute Gasteiger partial charge is 0.467 e. The normalized spacial score (nSPS) is 22.7. The molecule has 1 aliphatic rings. The molecule has 2 rings (SSSR count). The van der Waals surface area contributed by atoms with Gasteiger partial charge in [0.05, 0.1) is 18.9 Å². The van der Waals surface area contributed by atoms with Crippen molar-refractivity contribution >= 4 is 5.91 Å². The van der Waals surface area contributed by atoms with Crippen molar-refractivity contribution in [3.8, 4) is 0 Å². The Hall–Kier alpha value is -1.33. The standard InChI is InChI=1S/C11H16N2O3/c1-8(9-3-2-5-15-9)13-11(14)10-7-12-4-6-16-10/h2-3,5,8,10,12H,4,6-7H2,1H3,(H,13,14)/t8-,10?/m0/s1. The second-order valence-corrected chi connectivity index (χ2v) is 3.81. The van der Waals surface area contributed by atoms with Crippen LogP contribution in [0.5, 0.6) is 0 Å². The second-order valence-electron chi connectivity index (χ2n) is 3.81. The summed E-state index contributed by atoms with van der Waals surface area (Å²) < 4.78 is 10.6. The molecule has 1 aromatic heterocycles. The Morgan fingerprint density at radius 3 is 3.19 bits per heavy atom. The van der Waals surface area contributed by atoms with Gasteiger partial charge in [-0.15, -0.1) is 0 Å². The summed E-state index contributed by atoms with van der Waals surface area (Å²) in [5.41, 5.74) is 0. The first kappa shape index (κ1) is 11.2. The maximum atomic E-state index is 11.8. The molecule has 88 valence electrons. The quantitative estimate of drug-likeness (QED) is 0.782. The lowest BCUT2D eigenvalue weighted by Gasteiger charge is -2.24. The van der Waals surface area contributed by atoms with E-state index in [4.69, 9.17) is 9.15 Å². The zero-order chi connectivity index (χ0) is 11.4. The highest BCUT2D eigenvalue weighted by molar-refractivity contribution is 5.81. The lowest BCUT2D eigenvalue weighted by Crippen LogP contribution is -2.48. The Morgan fingerprint density at radius 1 is 1.69 bits per heavy atom. The van der Waals surface area contributed by atoms with Crippen molar-refractivity contribution in [1.82, 2.24) is 10.6 Å². The lowest BCUT2D eigenvalue weighted by atomic mass is 10.2. The van der Waals surface area contributed by atoms with Crippen LogP contribution < -0.4 is 10.6 Å². The molecule has 0 spiro atoms. The van der Waals surface area contributed by atoms with Gasteiger partial charge in [-0.25, -0.2) is 0 Å². The molecule has 2 heterocycles. The van der Waals surface area contributed by atoms with Crippen LogP contribution >= 0.6 is 0 Å². The Bertz CT molecular complexity index is 331. The fourth-order valence-electron chi connectivity index (χ4n) is 1.65. The van der Waals surface area contributed by atoms with Crippen LogP contribution in [0.25, 0.3) is 0 Å². The van der Waals surface area contributed by atoms with E-state index in [1.54, 1.807) is 12.3 Å². The van der Waals surface area contributed by atoms with Crippen LogP contribution in [0, 0.1) is 0 Å². The van der Waals surface area contributed by atoms with Crippen molar-refractivity contribution in [2.24, 2.45) is 0 Å². The predicted molar refractivity (Wildman–Crippen MR) is 57.9 cm³/mol. The molecule has 1 saturated heterocycles. The van der Waals surface area contributed by atoms with Gasteiger partial charge in [0.15, 0.2) is 0 Å². The summed E-state index contributed by atoms with van der Waals surface area (Å²) in [6.07, 6.45) is 1.20. The number of hydrogen-bond acceptors (Lipinski definition) is 4. The average molecular weight is 224 g/mol. The predicted octanol–water partition coefficient (Wildman–Crippen LogP) is 0.445. The molecule has 0 bridgehead atoms. The van der Waals surface area contributed by atoms with Crippen LogP contribution in [0.3, 0.4) is 0 Å². The lowest BCUT2D eigenvalue weighted by molar-refractivity contribution is -0.135. The Kier molecular flexibility index (Phi) is 3.58.